The predicted molar refractivity (Wildman–Crippen MR) is 86.6 cm³/mol. The second-order valence-corrected chi connectivity index (χ2v) is 4.35. The quantitative estimate of drug-likeness (QED) is 0.310. The van der Waals surface area contributed by atoms with Crippen molar-refractivity contribution in [1.29, 1.82) is 0 Å². The van der Waals surface area contributed by atoms with Crippen LogP contribution in [0.4, 0.5) is 0 Å². The van der Waals surface area contributed by atoms with Gasteiger partial charge in [0.15, 0.2) is 0 Å². The number of carbonyl (C=O) groups excluding carboxylic acids is 1. The van der Waals surface area contributed by atoms with E-state index in [1.54, 1.807) is 4.90 Å². The van der Waals surface area contributed by atoms with Crippen molar-refractivity contribution in [1.82, 2.24) is 4.90 Å². The number of hydrogen-bond donors (Lipinski definition) is 1. The van der Waals surface area contributed by atoms with Crippen LogP contribution in [-0.4, -0.2) is 83.3 Å². The first-order valence-corrected chi connectivity index (χ1v) is 7.42. The van der Waals surface area contributed by atoms with Crippen molar-refractivity contribution in [2.24, 2.45) is 5.73 Å². The summed E-state index contributed by atoms with van der Waals surface area (Å²) in [4.78, 5) is 13.7. The Balaban J connectivity index is 4.00. The van der Waals surface area contributed by atoms with E-state index in [0.717, 1.165) is 0 Å². The minimum atomic E-state index is -0.155. The van der Waals surface area contributed by atoms with Gasteiger partial charge in [-0.25, -0.2) is 0 Å². The van der Waals surface area contributed by atoms with Crippen LogP contribution in [0.15, 0.2) is 0 Å². The van der Waals surface area contributed by atoms with Crippen molar-refractivity contribution in [2.75, 3.05) is 72.5 Å². The molecule has 0 aromatic heterocycles. The third kappa shape index (κ3) is 13.8. The standard InChI is InChI=1S/C16H26N2O5/c1-3-8-20-11-6-18(7-12-21-9-4-2)16(19)15-23-14-13-22-10-5-17/h1-2H,5-15,17H2. The lowest BCUT2D eigenvalue weighted by Crippen LogP contribution is -2.39. The highest BCUT2D eigenvalue weighted by Gasteiger charge is 2.13. The molecule has 0 radical (unpaired) electrons. The van der Waals surface area contributed by atoms with Crippen molar-refractivity contribution in [2.45, 2.75) is 0 Å². The first kappa shape index (κ1) is 21.4. The van der Waals surface area contributed by atoms with Crippen LogP contribution >= 0.6 is 0 Å². The van der Waals surface area contributed by atoms with E-state index < -0.39 is 0 Å². The van der Waals surface area contributed by atoms with Crippen molar-refractivity contribution >= 4 is 5.91 Å². The van der Waals surface area contributed by atoms with Crippen LogP contribution < -0.4 is 5.73 Å². The van der Waals surface area contributed by atoms with Gasteiger partial charge in [0.25, 0.3) is 0 Å². The van der Waals surface area contributed by atoms with E-state index in [2.05, 4.69) is 11.8 Å². The lowest BCUT2D eigenvalue weighted by atomic mass is 10.4. The lowest BCUT2D eigenvalue weighted by molar-refractivity contribution is -0.138. The number of hydrogen-bond acceptors (Lipinski definition) is 6. The molecule has 2 N–H and O–H groups in total. The Labute approximate surface area is 138 Å². The Morgan fingerprint density at radius 1 is 0.870 bits per heavy atom. The summed E-state index contributed by atoms with van der Waals surface area (Å²) in [5.41, 5.74) is 5.29. The van der Waals surface area contributed by atoms with Crippen LogP contribution in [0.3, 0.4) is 0 Å². The number of ether oxygens (including phenoxy) is 4. The average molecular weight is 326 g/mol. The summed E-state index contributed by atoms with van der Waals surface area (Å²) in [6, 6.07) is 0. The summed E-state index contributed by atoms with van der Waals surface area (Å²) in [5.74, 6) is 4.58. The molecular formula is C16H26N2O5. The molecule has 0 spiro atoms. The molecule has 23 heavy (non-hydrogen) atoms. The largest absolute Gasteiger partial charge is 0.378 e. The van der Waals surface area contributed by atoms with Gasteiger partial charge in [0.05, 0.1) is 33.0 Å². The molecule has 0 saturated carbocycles. The van der Waals surface area contributed by atoms with Gasteiger partial charge < -0.3 is 29.6 Å². The summed E-state index contributed by atoms with van der Waals surface area (Å²) in [7, 11) is 0. The van der Waals surface area contributed by atoms with E-state index in [1.807, 2.05) is 0 Å². The zero-order valence-electron chi connectivity index (χ0n) is 13.5. The molecule has 0 bridgehead atoms. The number of rotatable bonds is 15. The van der Waals surface area contributed by atoms with E-state index in [0.29, 0.717) is 52.7 Å². The van der Waals surface area contributed by atoms with Gasteiger partial charge in [0.1, 0.15) is 19.8 Å². The van der Waals surface area contributed by atoms with Crippen LogP contribution in [-0.2, 0) is 23.7 Å². The molecular weight excluding hydrogens is 300 g/mol. The van der Waals surface area contributed by atoms with Crippen LogP contribution in [0.1, 0.15) is 0 Å². The Morgan fingerprint density at radius 3 is 1.96 bits per heavy atom. The zero-order chi connectivity index (χ0) is 17.2. The van der Waals surface area contributed by atoms with Crippen molar-refractivity contribution < 1.29 is 23.7 Å². The SMILES string of the molecule is C#CCOCCN(CCOCC#C)C(=O)COCCOCCN. The van der Waals surface area contributed by atoms with E-state index in [9.17, 15) is 4.79 Å². The number of terminal acetylenes is 2. The highest BCUT2D eigenvalue weighted by Crippen LogP contribution is 1.94. The smallest absolute Gasteiger partial charge is 0.248 e. The van der Waals surface area contributed by atoms with Crippen LogP contribution in [0.5, 0.6) is 0 Å². The van der Waals surface area contributed by atoms with Crippen molar-refractivity contribution in [3.8, 4) is 24.7 Å². The summed E-state index contributed by atoms with van der Waals surface area (Å²) >= 11 is 0. The topological polar surface area (TPSA) is 83.2 Å². The molecule has 0 heterocycles. The monoisotopic (exact) mass is 326 g/mol. The molecule has 0 aliphatic carbocycles. The zero-order valence-corrected chi connectivity index (χ0v) is 13.5. The fourth-order valence-corrected chi connectivity index (χ4v) is 1.53. The third-order valence-electron chi connectivity index (χ3n) is 2.59. The first-order chi connectivity index (χ1) is 11.3. The second kappa shape index (κ2) is 16.8. The molecule has 0 atom stereocenters. The van der Waals surface area contributed by atoms with E-state index in [-0.39, 0.29) is 25.7 Å². The molecule has 7 nitrogen and oxygen atoms in total. The van der Waals surface area contributed by atoms with Crippen LogP contribution in [0.25, 0.3) is 0 Å². The van der Waals surface area contributed by atoms with E-state index in [4.69, 9.17) is 37.5 Å². The maximum atomic E-state index is 12.1. The molecule has 0 rings (SSSR count). The Kier molecular flexibility index (Phi) is 15.6. The summed E-state index contributed by atoms with van der Waals surface area (Å²) in [5, 5.41) is 0. The summed E-state index contributed by atoms with van der Waals surface area (Å²) in [6.07, 6.45) is 10.2. The Morgan fingerprint density at radius 2 is 1.43 bits per heavy atom. The Hall–Kier alpha value is -1.61. The fraction of sp³-hybridized carbons (Fsp3) is 0.688. The van der Waals surface area contributed by atoms with Crippen LogP contribution in [0, 0.1) is 24.7 Å². The molecule has 0 unspecified atom stereocenters. The molecule has 0 aliphatic rings. The lowest BCUT2D eigenvalue weighted by Gasteiger charge is -2.22. The van der Waals surface area contributed by atoms with Crippen molar-refractivity contribution in [3.63, 3.8) is 0 Å². The molecule has 1 amide bonds. The number of carbonyl (C=O) groups is 1. The fourth-order valence-electron chi connectivity index (χ4n) is 1.53. The maximum absolute atomic E-state index is 12.1. The molecule has 0 fully saturated rings. The summed E-state index contributed by atoms with van der Waals surface area (Å²) < 4.78 is 20.8. The third-order valence-corrected chi connectivity index (χ3v) is 2.59. The van der Waals surface area contributed by atoms with Gasteiger partial charge in [-0.2, -0.15) is 0 Å². The van der Waals surface area contributed by atoms with E-state index >= 15 is 0 Å². The van der Waals surface area contributed by atoms with Crippen molar-refractivity contribution in [3.05, 3.63) is 0 Å². The minimum absolute atomic E-state index is 0.0315. The van der Waals surface area contributed by atoms with Gasteiger partial charge in [0.2, 0.25) is 5.91 Å². The average Bonchev–Trinajstić information content (AvgIpc) is 2.56. The van der Waals surface area contributed by atoms with Gasteiger partial charge in [-0.1, -0.05) is 11.8 Å². The minimum Gasteiger partial charge on any atom is -0.378 e. The number of nitrogens with two attached hydrogens (primary N) is 1. The number of nitrogens with zero attached hydrogens (tertiary/aromatic N) is 1. The predicted octanol–water partition coefficient (Wildman–Crippen LogP) is -0.893. The second-order valence-electron chi connectivity index (χ2n) is 4.35. The van der Waals surface area contributed by atoms with E-state index in [1.165, 1.54) is 0 Å². The molecule has 130 valence electrons. The molecule has 7 heteroatoms. The van der Waals surface area contributed by atoms with Gasteiger partial charge in [0, 0.05) is 19.6 Å². The molecule has 0 saturated heterocycles. The Bertz CT molecular complexity index is 354. The molecule has 0 aromatic rings. The van der Waals surface area contributed by atoms with Gasteiger partial charge in [-0.15, -0.1) is 12.8 Å². The normalized spacial score (nSPS) is 10.0. The first-order valence-electron chi connectivity index (χ1n) is 7.42. The summed E-state index contributed by atoms with van der Waals surface area (Å²) in [6.45, 7) is 3.59. The molecule has 0 aliphatic heterocycles. The van der Waals surface area contributed by atoms with Gasteiger partial charge >= 0.3 is 0 Å². The number of amides is 1. The van der Waals surface area contributed by atoms with Gasteiger partial charge in [-0.05, 0) is 0 Å². The van der Waals surface area contributed by atoms with Crippen LogP contribution in [0.2, 0.25) is 0 Å². The highest BCUT2D eigenvalue weighted by atomic mass is 16.5. The molecule has 0 aromatic carbocycles. The van der Waals surface area contributed by atoms with Gasteiger partial charge in [-0.3, -0.25) is 4.79 Å². The highest BCUT2D eigenvalue weighted by molar-refractivity contribution is 5.77. The maximum Gasteiger partial charge on any atom is 0.248 e.